The summed E-state index contributed by atoms with van der Waals surface area (Å²) >= 11 is 0. The number of hydrogen-bond donors (Lipinski definition) is 2. The van der Waals surface area contributed by atoms with Crippen molar-refractivity contribution >= 4 is 10.2 Å². The average Bonchev–Trinajstić information content (AvgIpc) is 2.41. The van der Waals surface area contributed by atoms with Crippen LogP contribution in [0.4, 0.5) is 13.2 Å². The fraction of sp³-hybridized carbons (Fsp3) is 1.00. The molecule has 0 bridgehead atoms. The molecular formula is C11H22F3N3O3S. The number of rotatable bonds is 8. The molecule has 0 amide bonds. The third-order valence-electron chi connectivity index (χ3n) is 3.28. The van der Waals surface area contributed by atoms with Crippen LogP contribution >= 0.6 is 0 Å². The van der Waals surface area contributed by atoms with Gasteiger partial charge >= 0.3 is 6.18 Å². The maximum absolute atomic E-state index is 12.1. The second-order valence-electron chi connectivity index (χ2n) is 4.98. The molecule has 0 aromatic rings. The lowest BCUT2D eigenvalue weighted by Gasteiger charge is -2.31. The van der Waals surface area contributed by atoms with Crippen molar-refractivity contribution in [2.45, 2.75) is 19.0 Å². The number of halogens is 3. The minimum absolute atomic E-state index is 0.240. The summed E-state index contributed by atoms with van der Waals surface area (Å²) in [7, 11) is -2.44. The molecule has 0 aromatic heterocycles. The first-order valence-electron chi connectivity index (χ1n) is 6.76. The first-order chi connectivity index (χ1) is 9.74. The van der Waals surface area contributed by atoms with Gasteiger partial charge in [-0.25, -0.2) is 0 Å². The summed E-state index contributed by atoms with van der Waals surface area (Å²) in [5, 5.41) is 3.20. The number of hydrogen-bond acceptors (Lipinski definition) is 4. The van der Waals surface area contributed by atoms with Crippen LogP contribution in [-0.4, -0.2) is 65.3 Å². The zero-order chi connectivity index (χ0) is 15.9. The van der Waals surface area contributed by atoms with Crippen molar-refractivity contribution in [3.8, 4) is 0 Å². The molecule has 0 unspecified atom stereocenters. The fourth-order valence-corrected chi connectivity index (χ4v) is 3.32. The van der Waals surface area contributed by atoms with Gasteiger partial charge in [0.25, 0.3) is 10.2 Å². The van der Waals surface area contributed by atoms with Gasteiger partial charge in [-0.1, -0.05) is 0 Å². The Morgan fingerprint density at radius 2 is 1.90 bits per heavy atom. The Labute approximate surface area is 123 Å². The summed E-state index contributed by atoms with van der Waals surface area (Å²) < 4.78 is 67.2. The number of nitrogens with zero attached hydrogens (tertiary/aromatic N) is 1. The van der Waals surface area contributed by atoms with E-state index in [-0.39, 0.29) is 13.1 Å². The lowest BCUT2D eigenvalue weighted by molar-refractivity contribution is -0.121. The minimum atomic E-state index is -4.54. The van der Waals surface area contributed by atoms with Crippen LogP contribution in [0.5, 0.6) is 0 Å². The molecule has 126 valence electrons. The molecule has 21 heavy (non-hydrogen) atoms. The molecule has 1 heterocycles. The molecule has 6 nitrogen and oxygen atoms in total. The Bertz CT molecular complexity index is 395. The van der Waals surface area contributed by atoms with E-state index in [0.29, 0.717) is 25.4 Å². The quantitative estimate of drug-likeness (QED) is 0.628. The standard InChI is InChI=1S/C11H22F3N3O3S/c1-20-7-4-15-8-10-2-5-17(6-3-10)21(18,19)16-9-11(12,13)14/h10,15-16H,2-9H2,1H3. The van der Waals surface area contributed by atoms with Gasteiger partial charge in [-0.2, -0.15) is 30.6 Å². The Morgan fingerprint density at radius 1 is 1.29 bits per heavy atom. The first kappa shape index (κ1) is 18.6. The van der Waals surface area contributed by atoms with Crippen molar-refractivity contribution in [3.05, 3.63) is 0 Å². The van der Waals surface area contributed by atoms with E-state index < -0.39 is 22.9 Å². The number of methoxy groups -OCH3 is 1. The predicted molar refractivity (Wildman–Crippen MR) is 72.0 cm³/mol. The molecule has 0 radical (unpaired) electrons. The highest BCUT2D eigenvalue weighted by atomic mass is 32.2. The van der Waals surface area contributed by atoms with Gasteiger partial charge in [0, 0.05) is 26.7 Å². The van der Waals surface area contributed by atoms with Crippen LogP contribution in [0.2, 0.25) is 0 Å². The highest BCUT2D eigenvalue weighted by molar-refractivity contribution is 7.87. The molecule has 10 heteroatoms. The van der Waals surface area contributed by atoms with Gasteiger partial charge in [0.2, 0.25) is 0 Å². The van der Waals surface area contributed by atoms with E-state index in [4.69, 9.17) is 4.74 Å². The van der Waals surface area contributed by atoms with Gasteiger partial charge in [-0.3, -0.25) is 0 Å². The van der Waals surface area contributed by atoms with Crippen molar-refractivity contribution in [2.75, 3.05) is 46.4 Å². The van der Waals surface area contributed by atoms with E-state index >= 15 is 0 Å². The van der Waals surface area contributed by atoms with Crippen molar-refractivity contribution in [1.29, 1.82) is 0 Å². The van der Waals surface area contributed by atoms with E-state index in [1.807, 2.05) is 0 Å². The number of alkyl halides is 3. The molecule has 1 fully saturated rings. The minimum Gasteiger partial charge on any atom is -0.383 e. The lowest BCUT2D eigenvalue weighted by Crippen LogP contribution is -2.48. The number of nitrogens with one attached hydrogen (secondary N) is 2. The van der Waals surface area contributed by atoms with Gasteiger partial charge in [-0.05, 0) is 25.3 Å². The van der Waals surface area contributed by atoms with E-state index in [1.54, 1.807) is 11.8 Å². The van der Waals surface area contributed by atoms with E-state index in [1.165, 1.54) is 0 Å². The fourth-order valence-electron chi connectivity index (χ4n) is 2.10. The summed E-state index contributed by atoms with van der Waals surface area (Å²) in [6.07, 6.45) is -3.28. The first-order valence-corrected chi connectivity index (χ1v) is 8.20. The molecule has 0 saturated carbocycles. The molecule has 1 aliphatic heterocycles. The molecule has 0 aliphatic carbocycles. The predicted octanol–water partition coefficient (Wildman–Crippen LogP) is 0.331. The Kier molecular flexibility index (Phi) is 7.34. The van der Waals surface area contributed by atoms with Crippen molar-refractivity contribution in [3.63, 3.8) is 0 Å². The highest BCUT2D eigenvalue weighted by Crippen LogP contribution is 2.19. The average molecular weight is 333 g/mol. The van der Waals surface area contributed by atoms with Crippen molar-refractivity contribution < 1.29 is 26.3 Å². The summed E-state index contributed by atoms with van der Waals surface area (Å²) in [6.45, 7) is 1.03. The van der Waals surface area contributed by atoms with Crippen LogP contribution in [-0.2, 0) is 14.9 Å². The Hall–Kier alpha value is -0.420. The zero-order valence-electron chi connectivity index (χ0n) is 11.9. The second-order valence-corrected chi connectivity index (χ2v) is 6.74. The maximum atomic E-state index is 12.1. The van der Waals surface area contributed by atoms with Gasteiger partial charge < -0.3 is 10.1 Å². The lowest BCUT2D eigenvalue weighted by atomic mass is 9.98. The van der Waals surface area contributed by atoms with Crippen LogP contribution < -0.4 is 10.0 Å². The van der Waals surface area contributed by atoms with Crippen LogP contribution in [0.15, 0.2) is 0 Å². The van der Waals surface area contributed by atoms with Crippen LogP contribution in [0.3, 0.4) is 0 Å². The molecule has 1 saturated heterocycles. The maximum Gasteiger partial charge on any atom is 0.402 e. The normalized spacial score (nSPS) is 19.0. The summed E-state index contributed by atoms with van der Waals surface area (Å²) in [5.41, 5.74) is 0. The van der Waals surface area contributed by atoms with E-state index in [0.717, 1.165) is 17.4 Å². The van der Waals surface area contributed by atoms with Gasteiger partial charge in [-0.15, -0.1) is 0 Å². The molecular weight excluding hydrogens is 311 g/mol. The van der Waals surface area contributed by atoms with Gasteiger partial charge in [0.1, 0.15) is 6.54 Å². The molecule has 0 atom stereocenters. The van der Waals surface area contributed by atoms with E-state index in [2.05, 4.69) is 5.32 Å². The van der Waals surface area contributed by atoms with Crippen LogP contribution in [0, 0.1) is 5.92 Å². The monoisotopic (exact) mass is 333 g/mol. The number of ether oxygens (including phenoxy) is 1. The smallest absolute Gasteiger partial charge is 0.383 e. The topological polar surface area (TPSA) is 70.7 Å². The summed E-state index contributed by atoms with van der Waals surface area (Å²) in [4.78, 5) is 0. The number of piperidine rings is 1. The Morgan fingerprint density at radius 3 is 2.43 bits per heavy atom. The zero-order valence-corrected chi connectivity index (χ0v) is 12.8. The molecule has 0 spiro atoms. The van der Waals surface area contributed by atoms with Gasteiger partial charge in [0.15, 0.2) is 0 Å². The summed E-state index contributed by atoms with van der Waals surface area (Å²) in [6, 6.07) is 0. The van der Waals surface area contributed by atoms with Crippen molar-refractivity contribution in [2.24, 2.45) is 5.92 Å². The van der Waals surface area contributed by atoms with Crippen molar-refractivity contribution in [1.82, 2.24) is 14.3 Å². The molecule has 1 rings (SSSR count). The highest BCUT2D eigenvalue weighted by Gasteiger charge is 2.33. The van der Waals surface area contributed by atoms with Crippen LogP contribution in [0.25, 0.3) is 0 Å². The molecule has 2 N–H and O–H groups in total. The SMILES string of the molecule is COCCNCC1CCN(S(=O)(=O)NCC(F)(F)F)CC1. The second kappa shape index (κ2) is 8.28. The van der Waals surface area contributed by atoms with Gasteiger partial charge in [0.05, 0.1) is 6.61 Å². The third-order valence-corrected chi connectivity index (χ3v) is 4.84. The van der Waals surface area contributed by atoms with Crippen LogP contribution in [0.1, 0.15) is 12.8 Å². The summed E-state index contributed by atoms with van der Waals surface area (Å²) in [5.74, 6) is 0.330. The molecule has 1 aliphatic rings. The third kappa shape index (κ3) is 7.41. The molecule has 0 aromatic carbocycles. The largest absolute Gasteiger partial charge is 0.402 e. The van der Waals surface area contributed by atoms with E-state index in [9.17, 15) is 21.6 Å². The Balaban J connectivity index is 2.31.